The Kier molecular flexibility index (Phi) is 1.46. The van der Waals surface area contributed by atoms with Crippen molar-refractivity contribution in [3.8, 4) is 0 Å². The molecule has 0 amide bonds. The van der Waals surface area contributed by atoms with Gasteiger partial charge in [0.15, 0.2) is 0 Å². The molecule has 2 aliphatic rings. The van der Waals surface area contributed by atoms with Gasteiger partial charge in [0.25, 0.3) is 0 Å². The molecule has 60 valence electrons. The summed E-state index contributed by atoms with van der Waals surface area (Å²) >= 11 is 0. The smallest absolute Gasteiger partial charge is 0.334 e. The number of ether oxygens (including phenoxy) is 1. The maximum atomic E-state index is 11.0. The third-order valence-electron chi connectivity index (χ3n) is 2.30. The van der Waals surface area contributed by atoms with E-state index in [1.165, 1.54) is 0 Å². The highest BCUT2D eigenvalue weighted by Gasteiger charge is 2.31. The molecule has 0 saturated heterocycles. The van der Waals surface area contributed by atoms with Crippen LogP contribution in [0.1, 0.15) is 19.3 Å². The van der Waals surface area contributed by atoms with Crippen molar-refractivity contribution in [2.45, 2.75) is 25.4 Å². The van der Waals surface area contributed by atoms with Crippen molar-refractivity contribution in [2.24, 2.45) is 0 Å². The summed E-state index contributed by atoms with van der Waals surface area (Å²) in [7, 11) is 0. The zero-order valence-corrected chi connectivity index (χ0v) is 6.17. The van der Waals surface area contributed by atoms with Gasteiger partial charge in [-0.1, -0.05) is 0 Å². The third-order valence-corrected chi connectivity index (χ3v) is 2.30. The van der Waals surface area contributed by atoms with Crippen LogP contribution in [0.3, 0.4) is 0 Å². The highest BCUT2D eigenvalue weighted by atomic mass is 16.5. The van der Waals surface area contributed by atoms with E-state index in [4.69, 9.17) is 4.74 Å². The van der Waals surface area contributed by atoms with Crippen molar-refractivity contribution >= 4 is 5.97 Å². The fourth-order valence-electron chi connectivity index (χ4n) is 1.65. The molecule has 0 saturated carbocycles. The first-order chi connectivity index (χ1) is 5.29. The molecule has 1 aliphatic heterocycles. The van der Waals surface area contributed by atoms with Crippen molar-refractivity contribution in [1.82, 2.24) is 0 Å². The summed E-state index contributed by atoms with van der Waals surface area (Å²) in [6.07, 6.45) is 2.03. The Balaban J connectivity index is 2.33. The first-order valence-corrected chi connectivity index (χ1v) is 3.86. The molecule has 11 heavy (non-hydrogen) atoms. The Bertz CT molecular complexity index is 229. The van der Waals surface area contributed by atoms with Crippen LogP contribution in [0.15, 0.2) is 11.1 Å². The molecule has 0 aromatic carbocycles. The fraction of sp³-hybridized carbons (Fsp3) is 0.625. The van der Waals surface area contributed by atoms with Crippen LogP contribution in [0.25, 0.3) is 0 Å². The second kappa shape index (κ2) is 2.34. The van der Waals surface area contributed by atoms with E-state index in [2.05, 4.69) is 0 Å². The summed E-state index contributed by atoms with van der Waals surface area (Å²) in [4.78, 5) is 11.0. The quantitative estimate of drug-likeness (QED) is 0.513. The first-order valence-electron chi connectivity index (χ1n) is 3.86. The lowest BCUT2D eigenvalue weighted by Crippen LogP contribution is -2.16. The van der Waals surface area contributed by atoms with E-state index >= 15 is 0 Å². The molecule has 1 unspecified atom stereocenters. The maximum absolute atomic E-state index is 11.0. The largest absolute Gasteiger partial charge is 0.458 e. The topological polar surface area (TPSA) is 46.5 Å². The predicted octanol–water partition coefficient (Wildman–Crippen LogP) is 0.385. The number of hydrogen-bond donors (Lipinski definition) is 1. The zero-order chi connectivity index (χ0) is 7.84. The number of rotatable bonds is 0. The minimum absolute atomic E-state index is 0.223. The Morgan fingerprint density at radius 3 is 3.09 bits per heavy atom. The number of cyclic esters (lactones) is 1. The lowest BCUT2D eigenvalue weighted by Gasteiger charge is -2.16. The van der Waals surface area contributed by atoms with Gasteiger partial charge in [-0.25, -0.2) is 4.79 Å². The second-order valence-electron chi connectivity index (χ2n) is 2.99. The molecule has 0 bridgehead atoms. The summed E-state index contributed by atoms with van der Waals surface area (Å²) in [6.45, 7) is 0.315. The summed E-state index contributed by atoms with van der Waals surface area (Å²) in [6, 6.07) is 0. The van der Waals surface area contributed by atoms with Crippen molar-refractivity contribution in [3.63, 3.8) is 0 Å². The van der Waals surface area contributed by atoms with Crippen LogP contribution in [0.5, 0.6) is 0 Å². The minimum Gasteiger partial charge on any atom is -0.458 e. The molecule has 0 spiro atoms. The van der Waals surface area contributed by atoms with E-state index in [9.17, 15) is 9.90 Å². The molecular weight excluding hydrogens is 144 g/mol. The Labute approximate surface area is 64.7 Å². The highest BCUT2D eigenvalue weighted by molar-refractivity contribution is 5.92. The zero-order valence-electron chi connectivity index (χ0n) is 6.17. The highest BCUT2D eigenvalue weighted by Crippen LogP contribution is 2.30. The molecule has 2 rings (SSSR count). The van der Waals surface area contributed by atoms with Crippen LogP contribution in [-0.2, 0) is 9.53 Å². The predicted molar refractivity (Wildman–Crippen MR) is 37.8 cm³/mol. The SMILES string of the molecule is O=C1OCC2=C1CCCC2O. The van der Waals surface area contributed by atoms with Crippen LogP contribution < -0.4 is 0 Å². The van der Waals surface area contributed by atoms with Crippen LogP contribution in [0.2, 0.25) is 0 Å². The number of carbonyl (C=O) groups is 1. The normalized spacial score (nSPS) is 30.3. The van der Waals surface area contributed by atoms with Gasteiger partial charge in [0.05, 0.1) is 6.10 Å². The van der Waals surface area contributed by atoms with Crippen LogP contribution in [0.4, 0.5) is 0 Å². The Hall–Kier alpha value is -0.830. The van der Waals surface area contributed by atoms with E-state index in [1.54, 1.807) is 0 Å². The Morgan fingerprint density at radius 1 is 1.55 bits per heavy atom. The van der Waals surface area contributed by atoms with Crippen molar-refractivity contribution in [1.29, 1.82) is 0 Å². The number of aliphatic hydroxyl groups is 1. The lowest BCUT2D eigenvalue weighted by atomic mass is 9.91. The molecule has 1 aliphatic carbocycles. The average Bonchev–Trinajstić information content (AvgIpc) is 2.35. The van der Waals surface area contributed by atoms with Gasteiger partial charge in [0.2, 0.25) is 0 Å². The van der Waals surface area contributed by atoms with Crippen LogP contribution in [-0.4, -0.2) is 23.8 Å². The molecule has 1 atom stereocenters. The van der Waals surface area contributed by atoms with E-state index in [0.717, 1.165) is 30.4 Å². The van der Waals surface area contributed by atoms with Gasteiger partial charge < -0.3 is 9.84 Å². The van der Waals surface area contributed by atoms with Gasteiger partial charge in [-0.2, -0.15) is 0 Å². The minimum atomic E-state index is -0.426. The molecule has 3 heteroatoms. The molecule has 1 N–H and O–H groups in total. The first kappa shape index (κ1) is 6.85. The lowest BCUT2D eigenvalue weighted by molar-refractivity contribution is -0.136. The summed E-state index contributed by atoms with van der Waals surface area (Å²) in [5.41, 5.74) is 1.55. The summed E-state index contributed by atoms with van der Waals surface area (Å²) in [5.74, 6) is -0.223. The molecule has 3 nitrogen and oxygen atoms in total. The van der Waals surface area contributed by atoms with Gasteiger partial charge in [0, 0.05) is 11.1 Å². The van der Waals surface area contributed by atoms with E-state index < -0.39 is 6.10 Å². The summed E-state index contributed by atoms with van der Waals surface area (Å²) < 4.78 is 4.80. The van der Waals surface area contributed by atoms with Crippen molar-refractivity contribution < 1.29 is 14.6 Å². The number of carbonyl (C=O) groups excluding carboxylic acids is 1. The van der Waals surface area contributed by atoms with Gasteiger partial charge in [-0.05, 0) is 19.3 Å². The number of esters is 1. The van der Waals surface area contributed by atoms with Crippen molar-refractivity contribution in [2.75, 3.05) is 6.61 Å². The number of aliphatic hydroxyl groups excluding tert-OH is 1. The maximum Gasteiger partial charge on any atom is 0.334 e. The van der Waals surface area contributed by atoms with E-state index in [1.807, 2.05) is 0 Å². The van der Waals surface area contributed by atoms with Gasteiger partial charge in [-0.15, -0.1) is 0 Å². The fourth-order valence-corrected chi connectivity index (χ4v) is 1.65. The monoisotopic (exact) mass is 154 g/mol. The third kappa shape index (κ3) is 0.959. The Morgan fingerprint density at radius 2 is 2.36 bits per heavy atom. The molecule has 1 heterocycles. The van der Waals surface area contributed by atoms with Gasteiger partial charge in [0.1, 0.15) is 6.61 Å². The van der Waals surface area contributed by atoms with Crippen LogP contribution >= 0.6 is 0 Å². The van der Waals surface area contributed by atoms with Gasteiger partial charge in [-0.3, -0.25) is 0 Å². The van der Waals surface area contributed by atoms with Gasteiger partial charge >= 0.3 is 5.97 Å². The molecule has 0 aromatic heterocycles. The summed E-state index contributed by atoms with van der Waals surface area (Å²) in [5, 5.41) is 9.41. The molecule has 0 radical (unpaired) electrons. The molecule has 0 fully saturated rings. The van der Waals surface area contributed by atoms with E-state index in [0.29, 0.717) is 6.61 Å². The second-order valence-corrected chi connectivity index (χ2v) is 2.99. The van der Waals surface area contributed by atoms with Crippen LogP contribution in [0, 0.1) is 0 Å². The van der Waals surface area contributed by atoms with E-state index in [-0.39, 0.29) is 5.97 Å². The average molecular weight is 154 g/mol. The number of hydrogen-bond acceptors (Lipinski definition) is 3. The molecular formula is C8H10O3. The standard InChI is InChI=1S/C8H10O3/c9-7-3-1-2-5-6(7)4-11-8(5)10/h7,9H,1-4H2. The van der Waals surface area contributed by atoms with Crippen molar-refractivity contribution in [3.05, 3.63) is 11.1 Å². The molecule has 0 aromatic rings.